The molecule has 0 bridgehead atoms. The molecule has 2 rings (SSSR count). The highest BCUT2D eigenvalue weighted by atomic mass is 19.1. The Bertz CT molecular complexity index is 747. The lowest BCUT2D eigenvalue weighted by molar-refractivity contribution is -0.116. The average Bonchev–Trinajstić information content (AvgIpc) is 2.58. The van der Waals surface area contributed by atoms with Crippen LogP contribution >= 0.6 is 0 Å². The summed E-state index contributed by atoms with van der Waals surface area (Å²) < 4.78 is 18.3. The number of carbonyl (C=O) groups excluding carboxylic acids is 2. The van der Waals surface area contributed by atoms with E-state index in [9.17, 15) is 14.0 Å². The predicted octanol–water partition coefficient (Wildman–Crippen LogP) is 2.90. The minimum absolute atomic E-state index is 0.0802. The third-order valence-corrected chi connectivity index (χ3v) is 3.46. The van der Waals surface area contributed by atoms with Crippen molar-refractivity contribution in [2.45, 2.75) is 13.3 Å². The van der Waals surface area contributed by atoms with Crippen LogP contribution in [0, 0.1) is 12.7 Å². The first-order valence-corrected chi connectivity index (χ1v) is 7.48. The first kappa shape index (κ1) is 17.5. The Morgan fingerprint density at radius 1 is 1.17 bits per heavy atom. The molecule has 2 aromatic rings. The van der Waals surface area contributed by atoms with Gasteiger partial charge in [0.2, 0.25) is 5.91 Å². The molecular weight excluding hydrogens is 311 g/mol. The monoisotopic (exact) mass is 330 g/mol. The van der Waals surface area contributed by atoms with Gasteiger partial charge in [-0.2, -0.15) is 0 Å². The second-order valence-electron chi connectivity index (χ2n) is 5.21. The summed E-state index contributed by atoms with van der Waals surface area (Å²) in [6.45, 7) is 1.94. The number of hydrogen-bond acceptors (Lipinski definition) is 3. The van der Waals surface area contributed by atoms with Crippen molar-refractivity contribution in [2.24, 2.45) is 0 Å². The Morgan fingerprint density at radius 3 is 2.67 bits per heavy atom. The first-order valence-electron chi connectivity index (χ1n) is 7.48. The van der Waals surface area contributed by atoms with E-state index in [0.717, 1.165) is 5.56 Å². The number of hydrogen-bond donors (Lipinski definition) is 2. The van der Waals surface area contributed by atoms with Crippen molar-refractivity contribution in [2.75, 3.05) is 19.0 Å². The zero-order chi connectivity index (χ0) is 17.5. The van der Waals surface area contributed by atoms with E-state index in [0.29, 0.717) is 17.0 Å². The molecule has 0 saturated carbocycles. The van der Waals surface area contributed by atoms with Crippen molar-refractivity contribution in [3.63, 3.8) is 0 Å². The van der Waals surface area contributed by atoms with Gasteiger partial charge in [0.1, 0.15) is 11.6 Å². The fraction of sp³-hybridized carbons (Fsp3) is 0.222. The first-order chi connectivity index (χ1) is 11.5. The molecule has 5 nitrogen and oxygen atoms in total. The van der Waals surface area contributed by atoms with E-state index in [1.54, 1.807) is 37.3 Å². The van der Waals surface area contributed by atoms with E-state index in [2.05, 4.69) is 10.6 Å². The Kier molecular flexibility index (Phi) is 5.89. The van der Waals surface area contributed by atoms with Gasteiger partial charge >= 0.3 is 0 Å². The number of amides is 2. The molecule has 0 fully saturated rings. The molecule has 126 valence electrons. The van der Waals surface area contributed by atoms with Gasteiger partial charge in [-0.25, -0.2) is 4.39 Å². The van der Waals surface area contributed by atoms with E-state index in [1.165, 1.54) is 19.2 Å². The second-order valence-corrected chi connectivity index (χ2v) is 5.21. The molecule has 0 saturated heterocycles. The van der Waals surface area contributed by atoms with Crippen LogP contribution < -0.4 is 15.4 Å². The minimum atomic E-state index is -0.416. The summed E-state index contributed by atoms with van der Waals surface area (Å²) in [4.78, 5) is 24.0. The summed E-state index contributed by atoms with van der Waals surface area (Å²) in [6.07, 6.45) is 0.0802. The number of carbonyl (C=O) groups is 2. The van der Waals surface area contributed by atoms with Gasteiger partial charge in [0.15, 0.2) is 0 Å². The quantitative estimate of drug-likeness (QED) is 0.856. The molecule has 0 aliphatic rings. The van der Waals surface area contributed by atoms with Crippen LogP contribution in [0.2, 0.25) is 0 Å². The lowest BCUT2D eigenvalue weighted by atomic mass is 10.2. The van der Waals surface area contributed by atoms with Crippen LogP contribution in [0.3, 0.4) is 0 Å². The van der Waals surface area contributed by atoms with Gasteiger partial charge in [-0.15, -0.1) is 0 Å². The van der Waals surface area contributed by atoms with Crippen LogP contribution in [-0.4, -0.2) is 25.5 Å². The zero-order valence-electron chi connectivity index (χ0n) is 13.6. The number of halogens is 1. The van der Waals surface area contributed by atoms with Crippen LogP contribution in [-0.2, 0) is 4.79 Å². The second kappa shape index (κ2) is 8.10. The van der Waals surface area contributed by atoms with Crippen LogP contribution in [0.4, 0.5) is 10.1 Å². The lowest BCUT2D eigenvalue weighted by Gasteiger charge is -2.10. The van der Waals surface area contributed by atoms with Crippen molar-refractivity contribution >= 4 is 17.5 Å². The molecule has 0 aromatic heterocycles. The molecule has 2 aromatic carbocycles. The van der Waals surface area contributed by atoms with Crippen molar-refractivity contribution in [1.29, 1.82) is 0 Å². The summed E-state index contributed by atoms with van der Waals surface area (Å²) >= 11 is 0. The number of rotatable bonds is 6. The Balaban J connectivity index is 1.86. The summed E-state index contributed by atoms with van der Waals surface area (Å²) in [5, 5.41) is 5.29. The van der Waals surface area contributed by atoms with Gasteiger partial charge in [-0.1, -0.05) is 18.2 Å². The normalized spacial score (nSPS) is 10.1. The summed E-state index contributed by atoms with van der Waals surface area (Å²) in [5.74, 6) is -0.568. The average molecular weight is 330 g/mol. The maximum absolute atomic E-state index is 13.2. The summed E-state index contributed by atoms with van der Waals surface area (Å²) in [5.41, 5.74) is 1.60. The van der Waals surface area contributed by atoms with E-state index >= 15 is 0 Å². The Hall–Kier alpha value is -2.89. The highest BCUT2D eigenvalue weighted by Crippen LogP contribution is 2.17. The van der Waals surface area contributed by atoms with Gasteiger partial charge in [0.05, 0.1) is 12.7 Å². The van der Waals surface area contributed by atoms with Crippen LogP contribution in [0.1, 0.15) is 22.3 Å². The van der Waals surface area contributed by atoms with Crippen molar-refractivity contribution in [3.05, 3.63) is 59.4 Å². The standard InChI is InChI=1S/C18H19FN2O3/c1-12-7-8-13(19)11-15(12)21-17(22)9-10-20-18(23)14-5-3-4-6-16(14)24-2/h3-8,11H,9-10H2,1-2H3,(H,20,23)(H,21,22). The predicted molar refractivity (Wildman–Crippen MR) is 89.7 cm³/mol. The highest BCUT2D eigenvalue weighted by molar-refractivity contribution is 5.97. The third kappa shape index (κ3) is 4.55. The van der Waals surface area contributed by atoms with E-state index in [4.69, 9.17) is 4.74 Å². The van der Waals surface area contributed by atoms with Crippen LogP contribution in [0.15, 0.2) is 42.5 Å². The molecule has 2 N–H and O–H groups in total. The molecule has 0 aliphatic carbocycles. The number of nitrogens with one attached hydrogen (secondary N) is 2. The molecular formula is C18H19FN2O3. The van der Waals surface area contributed by atoms with Gasteiger partial charge in [0, 0.05) is 18.7 Å². The number of aryl methyl sites for hydroxylation is 1. The lowest BCUT2D eigenvalue weighted by Crippen LogP contribution is -2.28. The van der Waals surface area contributed by atoms with Gasteiger partial charge in [-0.3, -0.25) is 9.59 Å². The number of para-hydroxylation sites is 1. The number of benzene rings is 2. The molecule has 0 spiro atoms. The van der Waals surface area contributed by atoms with Crippen LogP contribution in [0.25, 0.3) is 0 Å². The molecule has 0 aliphatic heterocycles. The summed E-state index contributed by atoms with van der Waals surface area (Å²) in [6, 6.07) is 11.0. The largest absolute Gasteiger partial charge is 0.496 e. The molecule has 0 atom stereocenters. The van der Waals surface area contributed by atoms with E-state index in [1.807, 2.05) is 0 Å². The van der Waals surface area contributed by atoms with Gasteiger partial charge in [0.25, 0.3) is 5.91 Å². The number of methoxy groups -OCH3 is 1. The van der Waals surface area contributed by atoms with Gasteiger partial charge < -0.3 is 15.4 Å². The molecule has 0 heterocycles. The number of anilines is 1. The molecule has 0 unspecified atom stereocenters. The maximum Gasteiger partial charge on any atom is 0.255 e. The van der Waals surface area contributed by atoms with Gasteiger partial charge in [-0.05, 0) is 36.8 Å². The van der Waals surface area contributed by atoms with Crippen molar-refractivity contribution in [1.82, 2.24) is 5.32 Å². The smallest absolute Gasteiger partial charge is 0.255 e. The minimum Gasteiger partial charge on any atom is -0.496 e. The topological polar surface area (TPSA) is 67.4 Å². The summed E-state index contributed by atoms with van der Waals surface area (Å²) in [7, 11) is 1.49. The SMILES string of the molecule is COc1ccccc1C(=O)NCCC(=O)Nc1cc(F)ccc1C. The molecule has 24 heavy (non-hydrogen) atoms. The van der Waals surface area contributed by atoms with Crippen molar-refractivity contribution < 1.29 is 18.7 Å². The van der Waals surface area contributed by atoms with E-state index in [-0.39, 0.29) is 24.8 Å². The number of ether oxygens (including phenoxy) is 1. The van der Waals surface area contributed by atoms with E-state index < -0.39 is 5.82 Å². The molecule has 2 amide bonds. The molecule has 0 radical (unpaired) electrons. The van der Waals surface area contributed by atoms with Crippen molar-refractivity contribution in [3.8, 4) is 5.75 Å². The Labute approximate surface area is 139 Å². The highest BCUT2D eigenvalue weighted by Gasteiger charge is 2.12. The molecule has 6 heteroatoms. The third-order valence-electron chi connectivity index (χ3n) is 3.46. The Morgan fingerprint density at radius 2 is 1.92 bits per heavy atom. The maximum atomic E-state index is 13.2. The van der Waals surface area contributed by atoms with Crippen LogP contribution in [0.5, 0.6) is 5.75 Å². The zero-order valence-corrected chi connectivity index (χ0v) is 13.6. The fourth-order valence-electron chi connectivity index (χ4n) is 2.16. The fourth-order valence-corrected chi connectivity index (χ4v) is 2.16.